The fraction of sp³-hybridized carbons (Fsp3) is 0.278. The maximum absolute atomic E-state index is 12.4. The predicted molar refractivity (Wildman–Crippen MR) is 89.9 cm³/mol. The number of carboxylic acids is 1. The number of carboxylic acid groups (broad SMARTS) is 1. The zero-order chi connectivity index (χ0) is 18.1. The van der Waals surface area contributed by atoms with E-state index in [4.69, 9.17) is 0 Å². The number of ketones is 1. The summed E-state index contributed by atoms with van der Waals surface area (Å²) in [6.07, 6.45) is 1.11. The Labute approximate surface area is 144 Å². The van der Waals surface area contributed by atoms with Gasteiger partial charge in [-0.1, -0.05) is 19.1 Å². The van der Waals surface area contributed by atoms with E-state index in [-0.39, 0.29) is 28.8 Å². The molecule has 1 atom stereocenters. The first-order valence-electron chi connectivity index (χ1n) is 7.91. The van der Waals surface area contributed by atoms with E-state index in [1.807, 2.05) is 6.92 Å². The summed E-state index contributed by atoms with van der Waals surface area (Å²) in [5.74, 6) is -1.52. The molecule has 0 bridgehead atoms. The van der Waals surface area contributed by atoms with Crippen molar-refractivity contribution in [3.8, 4) is 0 Å². The molecule has 128 valence electrons. The number of carbonyl (C=O) groups is 3. The van der Waals surface area contributed by atoms with Crippen molar-refractivity contribution in [3.63, 3.8) is 0 Å². The van der Waals surface area contributed by atoms with Crippen molar-refractivity contribution in [3.05, 3.63) is 52.3 Å². The highest BCUT2D eigenvalue weighted by molar-refractivity contribution is 6.10. The number of aryl methyl sites for hydroxylation is 1. The van der Waals surface area contributed by atoms with Gasteiger partial charge in [-0.3, -0.25) is 14.9 Å². The first-order valence-corrected chi connectivity index (χ1v) is 7.91. The van der Waals surface area contributed by atoms with Gasteiger partial charge in [0.2, 0.25) is 5.95 Å². The number of fused-ring (bicyclic) bond motifs is 1. The molecule has 2 N–H and O–H groups in total. The topological polar surface area (TPSA) is 109 Å². The third kappa shape index (κ3) is 3.26. The Morgan fingerprint density at radius 3 is 2.52 bits per heavy atom. The number of hydrogen-bond donors (Lipinski definition) is 2. The van der Waals surface area contributed by atoms with E-state index in [1.54, 1.807) is 19.1 Å². The number of carbonyl (C=O) groups excluding carboxylic acids is 2. The number of aromatic nitrogens is 2. The number of nitrogens with one attached hydrogen (secondary N) is 1. The molecule has 0 saturated carbocycles. The van der Waals surface area contributed by atoms with Gasteiger partial charge in [-0.25, -0.2) is 14.8 Å². The van der Waals surface area contributed by atoms with Gasteiger partial charge >= 0.3 is 5.97 Å². The Morgan fingerprint density at radius 1 is 1.16 bits per heavy atom. The van der Waals surface area contributed by atoms with E-state index >= 15 is 0 Å². The number of nitrogens with zero attached hydrogens (tertiary/aromatic N) is 2. The average Bonchev–Trinajstić information content (AvgIpc) is 2.53. The Kier molecular flexibility index (Phi) is 4.31. The molecule has 1 aliphatic rings. The van der Waals surface area contributed by atoms with E-state index in [0.29, 0.717) is 29.8 Å². The van der Waals surface area contributed by atoms with Crippen LogP contribution in [-0.4, -0.2) is 32.7 Å². The monoisotopic (exact) mass is 339 g/mol. The van der Waals surface area contributed by atoms with Crippen LogP contribution in [0, 0.1) is 12.8 Å². The predicted octanol–water partition coefficient (Wildman–Crippen LogP) is 2.50. The van der Waals surface area contributed by atoms with Crippen LogP contribution in [0.1, 0.15) is 55.8 Å². The van der Waals surface area contributed by atoms with Crippen LogP contribution in [0.2, 0.25) is 0 Å². The number of anilines is 1. The highest BCUT2D eigenvalue weighted by Crippen LogP contribution is 2.26. The minimum atomic E-state index is -1.19. The van der Waals surface area contributed by atoms with Gasteiger partial charge in [-0.05, 0) is 31.4 Å². The van der Waals surface area contributed by atoms with E-state index in [0.717, 1.165) is 0 Å². The molecule has 1 aliphatic carbocycles. The van der Waals surface area contributed by atoms with Crippen molar-refractivity contribution in [1.29, 1.82) is 0 Å². The lowest BCUT2D eigenvalue weighted by Crippen LogP contribution is -2.24. The lowest BCUT2D eigenvalue weighted by molar-refractivity contribution is 0.0692. The summed E-state index contributed by atoms with van der Waals surface area (Å²) in [5.41, 5.74) is 1.60. The molecule has 0 aliphatic heterocycles. The molecule has 3 rings (SSSR count). The van der Waals surface area contributed by atoms with Crippen molar-refractivity contribution < 1.29 is 19.5 Å². The molecular weight excluding hydrogens is 322 g/mol. The molecule has 0 saturated heterocycles. The molecule has 1 aromatic heterocycles. The van der Waals surface area contributed by atoms with Gasteiger partial charge in [0.1, 0.15) is 0 Å². The molecule has 7 nitrogen and oxygen atoms in total. The Morgan fingerprint density at radius 2 is 1.84 bits per heavy atom. The first kappa shape index (κ1) is 16.8. The fourth-order valence-corrected chi connectivity index (χ4v) is 3.06. The van der Waals surface area contributed by atoms with Gasteiger partial charge < -0.3 is 5.11 Å². The number of amides is 1. The SMILES string of the molecule is Cc1nc(NC(=O)c2ccccc2C(=O)O)nc2c1C(=O)C[C@@H](C)C2. The van der Waals surface area contributed by atoms with Gasteiger partial charge in [0.25, 0.3) is 5.91 Å². The Balaban J connectivity index is 1.93. The molecule has 1 amide bonds. The van der Waals surface area contributed by atoms with Crippen molar-refractivity contribution in [1.82, 2.24) is 9.97 Å². The summed E-state index contributed by atoms with van der Waals surface area (Å²) in [7, 11) is 0. The second kappa shape index (κ2) is 6.43. The second-order valence-electron chi connectivity index (χ2n) is 6.20. The molecule has 1 heterocycles. The van der Waals surface area contributed by atoms with Gasteiger partial charge in [-0.2, -0.15) is 0 Å². The van der Waals surface area contributed by atoms with E-state index in [9.17, 15) is 19.5 Å². The molecule has 0 unspecified atom stereocenters. The summed E-state index contributed by atoms with van der Waals surface area (Å²) in [5, 5.41) is 11.7. The molecule has 25 heavy (non-hydrogen) atoms. The third-order valence-electron chi connectivity index (χ3n) is 4.15. The normalized spacial score (nSPS) is 16.2. The van der Waals surface area contributed by atoms with Crippen LogP contribution >= 0.6 is 0 Å². The van der Waals surface area contributed by atoms with Crippen molar-refractivity contribution >= 4 is 23.6 Å². The maximum Gasteiger partial charge on any atom is 0.336 e. The van der Waals surface area contributed by atoms with Crippen molar-refractivity contribution in [2.24, 2.45) is 5.92 Å². The van der Waals surface area contributed by atoms with E-state index in [2.05, 4.69) is 15.3 Å². The lowest BCUT2D eigenvalue weighted by atomic mass is 9.86. The summed E-state index contributed by atoms with van der Waals surface area (Å²) < 4.78 is 0. The quantitative estimate of drug-likeness (QED) is 0.889. The number of rotatable bonds is 3. The number of benzene rings is 1. The van der Waals surface area contributed by atoms with Crippen molar-refractivity contribution in [2.75, 3.05) is 5.32 Å². The molecule has 1 aromatic carbocycles. The molecule has 7 heteroatoms. The fourth-order valence-electron chi connectivity index (χ4n) is 3.06. The van der Waals surface area contributed by atoms with Crippen LogP contribution in [0.15, 0.2) is 24.3 Å². The van der Waals surface area contributed by atoms with Crippen molar-refractivity contribution in [2.45, 2.75) is 26.7 Å². The van der Waals surface area contributed by atoms with Crippen LogP contribution in [0.4, 0.5) is 5.95 Å². The highest BCUT2D eigenvalue weighted by Gasteiger charge is 2.27. The molecule has 0 radical (unpaired) electrons. The standard InChI is InChI=1S/C18H17N3O4/c1-9-7-13-15(14(22)8-9)10(2)19-18(20-13)21-16(23)11-5-3-4-6-12(11)17(24)25/h3-6,9H,7-8H2,1-2H3,(H,24,25)(H,19,20,21,23)/t9-/m0/s1. The second-order valence-corrected chi connectivity index (χ2v) is 6.20. The smallest absolute Gasteiger partial charge is 0.336 e. The summed E-state index contributed by atoms with van der Waals surface area (Å²) in [6, 6.07) is 5.92. The van der Waals surface area contributed by atoms with Crippen LogP contribution in [0.3, 0.4) is 0 Å². The number of hydrogen-bond acceptors (Lipinski definition) is 5. The van der Waals surface area contributed by atoms with Crippen LogP contribution < -0.4 is 5.32 Å². The Hall–Kier alpha value is -3.09. The average molecular weight is 339 g/mol. The summed E-state index contributed by atoms with van der Waals surface area (Å²) in [4.78, 5) is 44.3. The van der Waals surface area contributed by atoms with Crippen LogP contribution in [0.25, 0.3) is 0 Å². The molecule has 0 fully saturated rings. The zero-order valence-corrected chi connectivity index (χ0v) is 13.9. The number of Topliss-reactive ketones (excluding diaryl/α,β-unsaturated/α-hetero) is 1. The van der Waals surface area contributed by atoms with E-state index < -0.39 is 11.9 Å². The van der Waals surface area contributed by atoms with Gasteiger partial charge in [-0.15, -0.1) is 0 Å². The van der Waals surface area contributed by atoms with Gasteiger partial charge in [0.15, 0.2) is 5.78 Å². The van der Waals surface area contributed by atoms with E-state index in [1.165, 1.54) is 12.1 Å². The highest BCUT2D eigenvalue weighted by atomic mass is 16.4. The number of aromatic carboxylic acids is 1. The molecule has 2 aromatic rings. The zero-order valence-electron chi connectivity index (χ0n) is 13.9. The lowest BCUT2D eigenvalue weighted by Gasteiger charge is -2.21. The van der Waals surface area contributed by atoms with Gasteiger partial charge in [0.05, 0.1) is 28.1 Å². The van der Waals surface area contributed by atoms with Crippen LogP contribution in [-0.2, 0) is 6.42 Å². The molecular formula is C18H17N3O4. The minimum Gasteiger partial charge on any atom is -0.478 e. The Bertz CT molecular complexity index is 892. The largest absolute Gasteiger partial charge is 0.478 e. The first-order chi connectivity index (χ1) is 11.9. The van der Waals surface area contributed by atoms with Gasteiger partial charge in [0, 0.05) is 6.42 Å². The minimum absolute atomic E-state index is 0.0142. The molecule has 0 spiro atoms. The maximum atomic E-state index is 12.4. The summed E-state index contributed by atoms with van der Waals surface area (Å²) in [6.45, 7) is 3.68. The third-order valence-corrected chi connectivity index (χ3v) is 4.15. The van der Waals surface area contributed by atoms with Crippen LogP contribution in [0.5, 0.6) is 0 Å². The summed E-state index contributed by atoms with van der Waals surface area (Å²) >= 11 is 0.